The number of rotatable bonds is 6. The van der Waals surface area contributed by atoms with E-state index in [0.29, 0.717) is 12.2 Å². The van der Waals surface area contributed by atoms with E-state index in [1.807, 2.05) is 6.92 Å². The van der Waals surface area contributed by atoms with Gasteiger partial charge in [0.1, 0.15) is 5.75 Å². The Hall–Kier alpha value is -1.02. The van der Waals surface area contributed by atoms with E-state index in [4.69, 9.17) is 9.47 Å². The lowest BCUT2D eigenvalue weighted by molar-refractivity contribution is 0.339. The molecule has 94 valence electrons. The molecule has 2 unspecified atom stereocenters. The zero-order valence-corrected chi connectivity index (χ0v) is 11.0. The van der Waals surface area contributed by atoms with Gasteiger partial charge >= 0.3 is 0 Å². The number of aryl methyl sites for hydroxylation is 2. The van der Waals surface area contributed by atoms with Crippen LogP contribution in [0.15, 0.2) is 18.2 Å². The van der Waals surface area contributed by atoms with Crippen molar-refractivity contribution in [1.29, 1.82) is 0 Å². The molecular weight excluding hydrogens is 212 g/mol. The summed E-state index contributed by atoms with van der Waals surface area (Å²) < 4.78 is 11.0. The maximum absolute atomic E-state index is 5.53. The summed E-state index contributed by atoms with van der Waals surface area (Å²) in [5.74, 6) is 0.990. The van der Waals surface area contributed by atoms with E-state index >= 15 is 0 Å². The van der Waals surface area contributed by atoms with E-state index in [0.717, 1.165) is 31.6 Å². The third kappa shape index (κ3) is 3.22. The Labute approximate surface area is 104 Å². The highest BCUT2D eigenvalue weighted by Gasteiger charge is 2.33. The molecule has 0 radical (unpaired) electrons. The number of epoxide rings is 1. The molecule has 1 aromatic rings. The highest BCUT2D eigenvalue weighted by atomic mass is 16.6. The third-order valence-corrected chi connectivity index (χ3v) is 3.40. The van der Waals surface area contributed by atoms with E-state index in [2.05, 4.69) is 32.0 Å². The van der Waals surface area contributed by atoms with E-state index in [9.17, 15) is 0 Å². The zero-order chi connectivity index (χ0) is 12.3. The average molecular weight is 234 g/mol. The predicted octanol–water partition coefficient (Wildman–Crippen LogP) is 3.37. The summed E-state index contributed by atoms with van der Waals surface area (Å²) in [6, 6.07) is 6.46. The Morgan fingerprint density at radius 2 is 2.00 bits per heavy atom. The quantitative estimate of drug-likeness (QED) is 0.704. The minimum absolute atomic E-state index is 0.475. The lowest BCUT2D eigenvalue weighted by Crippen LogP contribution is -1.99. The first-order chi connectivity index (χ1) is 8.24. The fourth-order valence-electron chi connectivity index (χ4n) is 2.26. The van der Waals surface area contributed by atoms with Crippen LogP contribution in [0, 0.1) is 0 Å². The summed E-state index contributed by atoms with van der Waals surface area (Å²) in [5, 5.41) is 0. The first-order valence-corrected chi connectivity index (χ1v) is 6.64. The van der Waals surface area contributed by atoms with Crippen molar-refractivity contribution in [3.63, 3.8) is 0 Å². The molecule has 0 saturated carbocycles. The standard InChI is InChI=1S/C15H22O2/c1-4-12-10-14(16-5-2)8-6-13(12)7-9-15-11(3)17-15/h6,8,10-11,15H,4-5,7,9H2,1-3H3. The molecule has 0 spiro atoms. The van der Waals surface area contributed by atoms with Crippen LogP contribution in [0.3, 0.4) is 0 Å². The molecule has 1 fully saturated rings. The molecule has 0 amide bonds. The van der Waals surface area contributed by atoms with Crippen molar-refractivity contribution < 1.29 is 9.47 Å². The van der Waals surface area contributed by atoms with Gasteiger partial charge in [-0.25, -0.2) is 0 Å². The molecule has 0 aromatic heterocycles. The van der Waals surface area contributed by atoms with Gasteiger partial charge in [-0.2, -0.15) is 0 Å². The van der Waals surface area contributed by atoms with Crippen LogP contribution in [0.2, 0.25) is 0 Å². The number of ether oxygens (including phenoxy) is 2. The molecule has 0 bridgehead atoms. The van der Waals surface area contributed by atoms with Crippen LogP contribution in [-0.4, -0.2) is 18.8 Å². The second-order valence-corrected chi connectivity index (χ2v) is 4.64. The second kappa shape index (κ2) is 5.54. The SMILES string of the molecule is CCOc1ccc(CCC2OC2C)c(CC)c1. The first-order valence-electron chi connectivity index (χ1n) is 6.64. The Morgan fingerprint density at radius 1 is 1.24 bits per heavy atom. The normalized spacial score (nSPS) is 22.5. The van der Waals surface area contributed by atoms with Crippen molar-refractivity contribution >= 4 is 0 Å². The predicted molar refractivity (Wildman–Crippen MR) is 69.6 cm³/mol. The smallest absolute Gasteiger partial charge is 0.119 e. The van der Waals surface area contributed by atoms with Crippen molar-refractivity contribution in [2.45, 2.75) is 52.2 Å². The maximum atomic E-state index is 5.53. The van der Waals surface area contributed by atoms with Crippen LogP contribution in [0.5, 0.6) is 5.75 Å². The molecule has 1 heterocycles. The number of hydrogen-bond donors (Lipinski definition) is 0. The van der Waals surface area contributed by atoms with Gasteiger partial charge in [-0.15, -0.1) is 0 Å². The summed E-state index contributed by atoms with van der Waals surface area (Å²) in [6.07, 6.45) is 4.29. The van der Waals surface area contributed by atoms with Crippen LogP contribution in [0.1, 0.15) is 38.3 Å². The maximum Gasteiger partial charge on any atom is 0.119 e. The minimum atomic E-state index is 0.475. The Morgan fingerprint density at radius 3 is 2.59 bits per heavy atom. The van der Waals surface area contributed by atoms with Crippen molar-refractivity contribution in [2.24, 2.45) is 0 Å². The summed E-state index contributed by atoms with van der Waals surface area (Å²) in [6.45, 7) is 7.09. The summed E-state index contributed by atoms with van der Waals surface area (Å²) in [7, 11) is 0. The van der Waals surface area contributed by atoms with Gasteiger partial charge in [0.15, 0.2) is 0 Å². The summed E-state index contributed by atoms with van der Waals surface area (Å²) in [5.41, 5.74) is 2.85. The lowest BCUT2D eigenvalue weighted by Gasteiger charge is -2.10. The van der Waals surface area contributed by atoms with Crippen LogP contribution in [0.25, 0.3) is 0 Å². The van der Waals surface area contributed by atoms with E-state index in [1.54, 1.807) is 0 Å². The molecule has 1 aliphatic heterocycles. The van der Waals surface area contributed by atoms with Gasteiger partial charge < -0.3 is 9.47 Å². The van der Waals surface area contributed by atoms with Crippen molar-refractivity contribution in [1.82, 2.24) is 0 Å². The first kappa shape index (κ1) is 12.4. The van der Waals surface area contributed by atoms with Crippen LogP contribution in [-0.2, 0) is 17.6 Å². The highest BCUT2D eigenvalue weighted by molar-refractivity contribution is 5.36. The molecule has 2 heteroatoms. The Bertz CT molecular complexity index is 373. The van der Waals surface area contributed by atoms with Crippen molar-refractivity contribution in [3.05, 3.63) is 29.3 Å². The van der Waals surface area contributed by atoms with Gasteiger partial charge in [-0.1, -0.05) is 13.0 Å². The molecular formula is C15H22O2. The fraction of sp³-hybridized carbons (Fsp3) is 0.600. The molecule has 17 heavy (non-hydrogen) atoms. The molecule has 0 N–H and O–H groups in total. The van der Waals surface area contributed by atoms with Crippen molar-refractivity contribution in [3.8, 4) is 5.75 Å². The highest BCUT2D eigenvalue weighted by Crippen LogP contribution is 2.27. The van der Waals surface area contributed by atoms with Crippen LogP contribution in [0.4, 0.5) is 0 Å². The third-order valence-electron chi connectivity index (χ3n) is 3.40. The van der Waals surface area contributed by atoms with Gasteiger partial charge in [0.2, 0.25) is 0 Å². The van der Waals surface area contributed by atoms with Gasteiger partial charge in [-0.3, -0.25) is 0 Å². The van der Waals surface area contributed by atoms with Crippen LogP contribution < -0.4 is 4.74 Å². The number of benzene rings is 1. The number of hydrogen-bond acceptors (Lipinski definition) is 2. The monoisotopic (exact) mass is 234 g/mol. The van der Waals surface area contributed by atoms with Gasteiger partial charge in [0.25, 0.3) is 0 Å². The Kier molecular flexibility index (Phi) is 4.06. The molecule has 2 rings (SSSR count). The topological polar surface area (TPSA) is 21.8 Å². The van der Waals surface area contributed by atoms with E-state index < -0.39 is 0 Å². The largest absolute Gasteiger partial charge is 0.494 e. The molecule has 1 aromatic carbocycles. The molecule has 0 aliphatic carbocycles. The Balaban J connectivity index is 1.99. The van der Waals surface area contributed by atoms with Gasteiger partial charge in [0.05, 0.1) is 18.8 Å². The van der Waals surface area contributed by atoms with Crippen LogP contribution >= 0.6 is 0 Å². The molecule has 1 saturated heterocycles. The lowest BCUT2D eigenvalue weighted by atomic mass is 9.99. The molecule has 1 aliphatic rings. The second-order valence-electron chi connectivity index (χ2n) is 4.64. The van der Waals surface area contributed by atoms with Crippen molar-refractivity contribution in [2.75, 3.05) is 6.61 Å². The van der Waals surface area contributed by atoms with E-state index in [1.165, 1.54) is 11.1 Å². The fourth-order valence-corrected chi connectivity index (χ4v) is 2.26. The van der Waals surface area contributed by atoms with Gasteiger partial charge in [-0.05, 0) is 56.4 Å². The minimum Gasteiger partial charge on any atom is -0.494 e. The summed E-state index contributed by atoms with van der Waals surface area (Å²) in [4.78, 5) is 0. The molecule has 2 nitrogen and oxygen atoms in total. The average Bonchev–Trinajstić information content (AvgIpc) is 3.04. The molecule has 2 atom stereocenters. The van der Waals surface area contributed by atoms with E-state index in [-0.39, 0.29) is 0 Å². The zero-order valence-electron chi connectivity index (χ0n) is 11.0. The summed E-state index contributed by atoms with van der Waals surface area (Å²) >= 11 is 0. The van der Waals surface area contributed by atoms with Gasteiger partial charge in [0, 0.05) is 0 Å².